The van der Waals surface area contributed by atoms with Crippen LogP contribution in [0.1, 0.15) is 21.5 Å². The first-order valence-electron chi connectivity index (χ1n) is 8.60. The summed E-state index contributed by atoms with van der Waals surface area (Å²) in [5, 5.41) is 2.96. The predicted octanol–water partition coefficient (Wildman–Crippen LogP) is 4.05. The normalized spacial score (nSPS) is 10.4. The predicted molar refractivity (Wildman–Crippen MR) is 106 cm³/mol. The first-order valence-corrected chi connectivity index (χ1v) is 8.60. The van der Waals surface area contributed by atoms with Gasteiger partial charge in [-0.1, -0.05) is 24.3 Å². The van der Waals surface area contributed by atoms with Crippen molar-refractivity contribution < 1.29 is 4.79 Å². The minimum Gasteiger partial charge on any atom is -0.378 e. The number of carbonyl (C=O) groups excluding carboxylic acids is 1. The Morgan fingerprint density at radius 2 is 1.69 bits per heavy atom. The average Bonchev–Trinajstić information content (AvgIpc) is 2.66. The third-order valence-corrected chi connectivity index (χ3v) is 4.26. The second-order valence-electron chi connectivity index (χ2n) is 6.54. The van der Waals surface area contributed by atoms with Gasteiger partial charge in [0.25, 0.3) is 5.91 Å². The molecule has 132 valence electrons. The van der Waals surface area contributed by atoms with Crippen LogP contribution < -0.4 is 10.2 Å². The maximum absolute atomic E-state index is 12.4. The summed E-state index contributed by atoms with van der Waals surface area (Å²) >= 11 is 0. The number of nitrogens with zero attached hydrogens (tertiary/aromatic N) is 2. The molecule has 1 heterocycles. The summed E-state index contributed by atoms with van der Waals surface area (Å²) in [4.78, 5) is 18.8. The molecule has 0 aliphatic rings. The fraction of sp³-hybridized carbons (Fsp3) is 0.182. The maximum Gasteiger partial charge on any atom is 0.251 e. The summed E-state index contributed by atoms with van der Waals surface area (Å²) in [7, 11) is 4.01. The van der Waals surface area contributed by atoms with Crippen molar-refractivity contribution in [2.75, 3.05) is 19.0 Å². The zero-order valence-electron chi connectivity index (χ0n) is 15.4. The van der Waals surface area contributed by atoms with Crippen LogP contribution in [-0.4, -0.2) is 25.0 Å². The van der Waals surface area contributed by atoms with Gasteiger partial charge < -0.3 is 10.2 Å². The van der Waals surface area contributed by atoms with Gasteiger partial charge in [0.2, 0.25) is 0 Å². The summed E-state index contributed by atoms with van der Waals surface area (Å²) in [6.07, 6.45) is 1.80. The van der Waals surface area contributed by atoms with E-state index in [1.54, 1.807) is 6.20 Å². The quantitative estimate of drug-likeness (QED) is 0.759. The van der Waals surface area contributed by atoms with Gasteiger partial charge in [0.15, 0.2) is 0 Å². The maximum atomic E-state index is 12.4. The fourth-order valence-corrected chi connectivity index (χ4v) is 2.68. The molecule has 0 atom stereocenters. The lowest BCUT2D eigenvalue weighted by atomic mass is 10.1. The smallest absolute Gasteiger partial charge is 0.251 e. The van der Waals surface area contributed by atoms with Crippen molar-refractivity contribution in [2.45, 2.75) is 13.5 Å². The Kier molecular flexibility index (Phi) is 5.32. The molecule has 1 N–H and O–H groups in total. The number of benzene rings is 2. The van der Waals surface area contributed by atoms with E-state index in [4.69, 9.17) is 0 Å². The number of aromatic nitrogens is 1. The fourth-order valence-electron chi connectivity index (χ4n) is 2.68. The number of aryl methyl sites for hydroxylation is 1. The zero-order valence-corrected chi connectivity index (χ0v) is 15.4. The van der Waals surface area contributed by atoms with Gasteiger partial charge in [-0.25, -0.2) is 0 Å². The van der Waals surface area contributed by atoms with Crippen molar-refractivity contribution in [3.63, 3.8) is 0 Å². The van der Waals surface area contributed by atoms with Crippen molar-refractivity contribution in [3.05, 3.63) is 83.6 Å². The van der Waals surface area contributed by atoms with Gasteiger partial charge in [-0.05, 0) is 54.4 Å². The van der Waals surface area contributed by atoms with Crippen LogP contribution in [0.4, 0.5) is 5.69 Å². The van der Waals surface area contributed by atoms with Gasteiger partial charge in [0, 0.05) is 43.7 Å². The van der Waals surface area contributed by atoms with Gasteiger partial charge >= 0.3 is 0 Å². The molecule has 0 radical (unpaired) electrons. The molecule has 3 rings (SSSR count). The Bertz CT molecular complexity index is 884. The Morgan fingerprint density at radius 1 is 1.00 bits per heavy atom. The number of pyridine rings is 1. The third-order valence-electron chi connectivity index (χ3n) is 4.26. The molecule has 4 heteroatoms. The molecular weight excluding hydrogens is 322 g/mol. The zero-order chi connectivity index (χ0) is 18.5. The number of nitrogens with one attached hydrogen (secondary N) is 1. The molecule has 0 unspecified atom stereocenters. The van der Waals surface area contributed by atoms with E-state index in [0.29, 0.717) is 12.1 Å². The van der Waals surface area contributed by atoms with E-state index in [-0.39, 0.29) is 5.91 Å². The van der Waals surface area contributed by atoms with Crippen LogP contribution in [0.5, 0.6) is 0 Å². The molecule has 2 aromatic carbocycles. The van der Waals surface area contributed by atoms with Crippen molar-refractivity contribution in [3.8, 4) is 11.3 Å². The largest absolute Gasteiger partial charge is 0.378 e. The van der Waals surface area contributed by atoms with Crippen molar-refractivity contribution in [1.29, 1.82) is 0 Å². The van der Waals surface area contributed by atoms with E-state index < -0.39 is 0 Å². The SMILES string of the molecule is Cc1ccnc(-c2ccc(C(=O)NCc3ccc(N(C)C)cc3)cc2)c1. The first kappa shape index (κ1) is 17.7. The van der Waals surface area contributed by atoms with E-state index in [9.17, 15) is 4.79 Å². The molecule has 0 spiro atoms. The van der Waals surface area contributed by atoms with Gasteiger partial charge in [-0.2, -0.15) is 0 Å². The highest BCUT2D eigenvalue weighted by molar-refractivity contribution is 5.94. The number of carbonyl (C=O) groups is 1. The molecule has 1 aromatic heterocycles. The lowest BCUT2D eigenvalue weighted by Crippen LogP contribution is -2.22. The number of hydrogen-bond acceptors (Lipinski definition) is 3. The lowest BCUT2D eigenvalue weighted by molar-refractivity contribution is 0.0951. The highest BCUT2D eigenvalue weighted by Gasteiger charge is 2.07. The molecule has 0 saturated carbocycles. The number of amides is 1. The minimum atomic E-state index is -0.0783. The van der Waals surface area contributed by atoms with Crippen molar-refractivity contribution in [2.24, 2.45) is 0 Å². The number of anilines is 1. The molecule has 0 saturated heterocycles. The Balaban J connectivity index is 1.63. The molecule has 0 aliphatic heterocycles. The van der Waals surface area contributed by atoms with Gasteiger partial charge in [-0.15, -0.1) is 0 Å². The third kappa shape index (κ3) is 4.28. The van der Waals surface area contributed by atoms with Crippen LogP contribution in [0.15, 0.2) is 66.9 Å². The Morgan fingerprint density at radius 3 is 2.31 bits per heavy atom. The molecule has 4 nitrogen and oxygen atoms in total. The van der Waals surface area contributed by atoms with Crippen LogP contribution in [0, 0.1) is 6.92 Å². The molecule has 26 heavy (non-hydrogen) atoms. The molecule has 3 aromatic rings. The molecule has 0 aliphatic carbocycles. The second kappa shape index (κ2) is 7.83. The molecule has 0 fully saturated rings. The summed E-state index contributed by atoms with van der Waals surface area (Å²) in [6, 6.07) is 19.7. The molecular formula is C22H23N3O. The van der Waals surface area contributed by atoms with Gasteiger partial charge in [0.05, 0.1) is 5.69 Å². The first-order chi connectivity index (χ1) is 12.5. The molecule has 0 bridgehead atoms. The lowest BCUT2D eigenvalue weighted by Gasteiger charge is -2.13. The highest BCUT2D eigenvalue weighted by atomic mass is 16.1. The average molecular weight is 345 g/mol. The monoisotopic (exact) mass is 345 g/mol. The van der Waals surface area contributed by atoms with Gasteiger partial charge in [-0.3, -0.25) is 9.78 Å². The minimum absolute atomic E-state index is 0.0783. The number of hydrogen-bond donors (Lipinski definition) is 1. The topological polar surface area (TPSA) is 45.2 Å². The van der Waals surface area contributed by atoms with Crippen LogP contribution in [0.3, 0.4) is 0 Å². The van der Waals surface area contributed by atoms with Crippen LogP contribution >= 0.6 is 0 Å². The van der Waals surface area contributed by atoms with Crippen LogP contribution in [-0.2, 0) is 6.54 Å². The molecule has 1 amide bonds. The van der Waals surface area contributed by atoms with Crippen LogP contribution in [0.25, 0.3) is 11.3 Å². The van der Waals surface area contributed by atoms with E-state index in [2.05, 4.69) is 10.3 Å². The summed E-state index contributed by atoms with van der Waals surface area (Å²) in [5.74, 6) is -0.0783. The Labute approximate surface area is 154 Å². The van der Waals surface area contributed by atoms with E-state index in [1.165, 1.54) is 0 Å². The Hall–Kier alpha value is -3.14. The van der Waals surface area contributed by atoms with Crippen LogP contribution in [0.2, 0.25) is 0 Å². The van der Waals surface area contributed by atoms with E-state index >= 15 is 0 Å². The standard InChI is InChI=1S/C22H23N3O/c1-16-12-13-23-21(14-16)18-6-8-19(9-7-18)22(26)24-15-17-4-10-20(11-5-17)25(2)3/h4-14H,15H2,1-3H3,(H,24,26). The highest BCUT2D eigenvalue weighted by Crippen LogP contribution is 2.18. The number of rotatable bonds is 5. The summed E-state index contributed by atoms with van der Waals surface area (Å²) in [6.45, 7) is 2.55. The summed E-state index contributed by atoms with van der Waals surface area (Å²) < 4.78 is 0. The van der Waals surface area contributed by atoms with E-state index in [0.717, 1.165) is 28.1 Å². The van der Waals surface area contributed by atoms with Crippen molar-refractivity contribution in [1.82, 2.24) is 10.3 Å². The second-order valence-corrected chi connectivity index (χ2v) is 6.54. The van der Waals surface area contributed by atoms with E-state index in [1.807, 2.05) is 86.6 Å². The summed E-state index contributed by atoms with van der Waals surface area (Å²) in [5.41, 5.74) is 5.94. The van der Waals surface area contributed by atoms with Gasteiger partial charge in [0.1, 0.15) is 0 Å². The van der Waals surface area contributed by atoms with Crippen molar-refractivity contribution >= 4 is 11.6 Å².